The third-order valence-corrected chi connectivity index (χ3v) is 4.15. The molecule has 0 atom stereocenters. The van der Waals surface area contributed by atoms with Gasteiger partial charge in [0.25, 0.3) is 0 Å². The average Bonchev–Trinajstić information content (AvgIpc) is 2.61. The van der Waals surface area contributed by atoms with Crippen molar-refractivity contribution < 1.29 is 68.5 Å². The van der Waals surface area contributed by atoms with Crippen LogP contribution < -0.4 is 30.6 Å². The van der Waals surface area contributed by atoms with Crippen LogP contribution in [0.5, 0.6) is 0 Å². The topological polar surface area (TPSA) is 275 Å². The van der Waals surface area contributed by atoms with E-state index in [4.69, 9.17) is 0 Å². The first-order valence-electron chi connectivity index (χ1n) is 7.18. The Labute approximate surface area is 277 Å². The van der Waals surface area contributed by atoms with Crippen LogP contribution in [0.3, 0.4) is 0 Å². The van der Waals surface area contributed by atoms with Crippen LogP contribution in [0.4, 0.5) is 0 Å². The van der Waals surface area contributed by atoms with E-state index in [1.807, 2.05) is 11.3 Å². The van der Waals surface area contributed by atoms with Gasteiger partial charge in [0, 0.05) is 0 Å². The Morgan fingerprint density at radius 1 is 0.515 bits per heavy atom. The Bertz CT molecular complexity index is 806. The first kappa shape index (κ1) is 43.7. The third-order valence-electron chi connectivity index (χ3n) is 3.44. The average molecular weight is 582 g/mol. The maximum atomic E-state index is 10.4. The van der Waals surface area contributed by atoms with Gasteiger partial charge in [0.2, 0.25) is 0 Å². The predicted octanol–water partition coefficient (Wildman–Crippen LogP) is -8.64. The monoisotopic (exact) mass is 582 g/mol. The molecule has 0 radical (unpaired) electrons. The molecule has 0 aliphatic rings. The Hall–Kier alpha value is 0.619. The zero-order valence-corrected chi connectivity index (χ0v) is 25.0. The van der Waals surface area contributed by atoms with Gasteiger partial charge >= 0.3 is 281 Å². The number of hydrogen-bond donors (Lipinski definition) is 0. The summed E-state index contributed by atoms with van der Waals surface area (Å²) in [4.78, 5) is 62.6. The maximum Gasteiger partial charge on any atom is 2.00 e. The Balaban J connectivity index is -0.000000145. The van der Waals surface area contributed by atoms with Crippen LogP contribution in [0.25, 0.3) is 0 Å². The molecule has 0 aromatic heterocycles. The summed E-state index contributed by atoms with van der Waals surface area (Å²) in [6, 6.07) is 0. The molecular formula is C14H8Ca3O14P2. The SMILES string of the molecule is O=P#CCCC(C(=O)[O-])(C(=O)[O-])C(=O)[O-].O=P#CCCC(C(=O)[O-])(C(=O)[O-])C(=O)[O-].[Ca+2].[Ca+2].[Ca+2]. The summed E-state index contributed by atoms with van der Waals surface area (Å²) in [7, 11) is -1.18. The zero-order valence-electron chi connectivity index (χ0n) is 16.6. The predicted molar refractivity (Wildman–Crippen MR) is 93.6 cm³/mol. The van der Waals surface area contributed by atoms with Crippen molar-refractivity contribution in [3.63, 3.8) is 0 Å². The van der Waals surface area contributed by atoms with Gasteiger partial charge in [0.1, 0.15) is 0 Å². The van der Waals surface area contributed by atoms with Crippen molar-refractivity contribution in [3.05, 3.63) is 0 Å². The number of carbonyl (C=O) groups excluding carboxylic acids is 6. The van der Waals surface area contributed by atoms with Crippen molar-refractivity contribution in [3.8, 4) is 11.3 Å². The van der Waals surface area contributed by atoms with E-state index in [-0.39, 0.29) is 113 Å². The molecule has 14 nitrogen and oxygen atoms in total. The van der Waals surface area contributed by atoms with Crippen LogP contribution in [-0.4, -0.2) is 149 Å². The number of carboxylic acid groups (broad SMARTS) is 6. The standard InChI is InChI=1S/2C7H7O7P.3Ca/c2*8-4(9)7(5(10)11,6(12)13)2-1-3-15-14;;;/h2*1-2H2,(H,8,9)(H,10,11)(H,12,13);;;/q;;3*+2/p-6. The summed E-state index contributed by atoms with van der Waals surface area (Å²) in [6.45, 7) is 0. The minimum Gasteiger partial charge on any atom is 2.00 e. The van der Waals surface area contributed by atoms with E-state index >= 15 is 0 Å². The van der Waals surface area contributed by atoms with Gasteiger partial charge in [0.05, 0.1) is 0 Å². The molecule has 0 spiro atoms. The van der Waals surface area contributed by atoms with Crippen LogP contribution >= 0.6 is 15.8 Å². The van der Waals surface area contributed by atoms with E-state index in [1.165, 1.54) is 0 Å². The Morgan fingerprint density at radius 3 is 0.818 bits per heavy atom. The second-order valence-electron chi connectivity index (χ2n) is 5.03. The van der Waals surface area contributed by atoms with Crippen molar-refractivity contribution >= 4 is 165 Å². The summed E-state index contributed by atoms with van der Waals surface area (Å²) in [6.07, 6.45) is -2.65. The van der Waals surface area contributed by atoms with Crippen molar-refractivity contribution in [2.75, 3.05) is 0 Å². The number of aliphatic carboxylic acids is 6. The van der Waals surface area contributed by atoms with Gasteiger partial charge in [-0.25, -0.2) is 0 Å². The second-order valence-corrected chi connectivity index (χ2v) is 6.03. The van der Waals surface area contributed by atoms with Gasteiger partial charge in [0.15, 0.2) is 0 Å². The molecule has 0 aromatic carbocycles. The van der Waals surface area contributed by atoms with Crippen LogP contribution in [0.1, 0.15) is 25.7 Å². The van der Waals surface area contributed by atoms with Crippen molar-refractivity contribution in [2.24, 2.45) is 10.8 Å². The van der Waals surface area contributed by atoms with Crippen LogP contribution in [0.2, 0.25) is 0 Å². The molecule has 0 bridgehead atoms. The van der Waals surface area contributed by atoms with E-state index in [1.54, 1.807) is 0 Å². The molecule has 0 amide bonds. The molecule has 0 aromatic rings. The molecule has 0 rings (SSSR count). The van der Waals surface area contributed by atoms with Crippen molar-refractivity contribution in [1.82, 2.24) is 0 Å². The van der Waals surface area contributed by atoms with Gasteiger partial charge in [-0.05, 0) is 0 Å². The summed E-state index contributed by atoms with van der Waals surface area (Å²) < 4.78 is 19.8. The Morgan fingerprint density at radius 2 is 0.697 bits per heavy atom. The third kappa shape index (κ3) is 12.9. The minimum absolute atomic E-state index is 0. The van der Waals surface area contributed by atoms with Crippen LogP contribution in [-0.2, 0) is 37.9 Å². The van der Waals surface area contributed by atoms with E-state index in [2.05, 4.69) is 0 Å². The van der Waals surface area contributed by atoms with E-state index in [0.717, 1.165) is 0 Å². The molecular weight excluding hydrogens is 574 g/mol. The van der Waals surface area contributed by atoms with Crippen LogP contribution in [0, 0.1) is 22.1 Å². The molecule has 164 valence electrons. The first-order chi connectivity index (χ1) is 13.8. The molecule has 19 heteroatoms. The number of hydrogen-bond acceptors (Lipinski definition) is 14. The summed E-state index contributed by atoms with van der Waals surface area (Å²) in [5, 5.41) is 62.6. The summed E-state index contributed by atoms with van der Waals surface area (Å²) >= 11 is 0. The fourth-order valence-corrected chi connectivity index (χ4v) is 2.10. The molecule has 0 fully saturated rings. The fourth-order valence-electron chi connectivity index (χ4n) is 1.69. The van der Waals surface area contributed by atoms with Gasteiger partial charge in [-0.15, -0.1) is 0 Å². The Kier molecular flexibility index (Phi) is 28.9. The molecule has 0 N–H and O–H groups in total. The molecule has 0 aliphatic heterocycles. The summed E-state index contributed by atoms with van der Waals surface area (Å²) in [5.41, 5.74) is -2.45. The van der Waals surface area contributed by atoms with E-state index in [0.29, 0.717) is 0 Å². The molecule has 0 unspecified atom stereocenters. The van der Waals surface area contributed by atoms with E-state index in [9.17, 15) is 68.5 Å². The quantitative estimate of drug-likeness (QED) is 0.131. The first-order valence-corrected chi connectivity index (χ1v) is 8.80. The largest absolute Gasteiger partial charge is 2.00 e. The number of rotatable bonds is 10. The molecule has 33 heavy (non-hydrogen) atoms. The number of carbonyl (C=O) groups is 6. The molecule has 0 heterocycles. The molecule has 0 saturated carbocycles. The van der Waals surface area contributed by atoms with Gasteiger partial charge in [-0.1, -0.05) is 0 Å². The second kappa shape index (κ2) is 21.9. The summed E-state index contributed by atoms with van der Waals surface area (Å²) in [5.74, 6) is -14.0. The number of carboxylic acids is 6. The van der Waals surface area contributed by atoms with Crippen LogP contribution in [0.15, 0.2) is 0 Å². The van der Waals surface area contributed by atoms with E-state index < -0.39 is 88.2 Å². The van der Waals surface area contributed by atoms with Gasteiger partial charge in [-0.2, -0.15) is 0 Å². The molecule has 0 saturated heterocycles. The maximum absolute atomic E-state index is 10.4. The zero-order chi connectivity index (χ0) is 24.1. The minimum atomic E-state index is -3.24. The fraction of sp³-hybridized carbons (Fsp3) is 0.429. The van der Waals surface area contributed by atoms with Gasteiger partial charge in [-0.3, -0.25) is 0 Å². The van der Waals surface area contributed by atoms with Crippen molar-refractivity contribution in [1.29, 1.82) is 0 Å². The normalized spacial score (nSPS) is 9.21. The molecule has 0 aliphatic carbocycles. The van der Waals surface area contributed by atoms with Crippen molar-refractivity contribution in [2.45, 2.75) is 25.7 Å². The smallest absolute Gasteiger partial charge is 2.00 e. The van der Waals surface area contributed by atoms with Gasteiger partial charge < -0.3 is 0 Å².